The molecule has 4 aromatic rings. The summed E-state index contributed by atoms with van der Waals surface area (Å²) >= 11 is 7.05. The van der Waals surface area contributed by atoms with E-state index in [1.54, 1.807) is 11.6 Å². The molecular formula is C24H30ClN7O3S. The van der Waals surface area contributed by atoms with E-state index in [9.17, 15) is 8.42 Å². The van der Waals surface area contributed by atoms with Gasteiger partial charge in [-0.05, 0) is 17.5 Å². The fraction of sp³-hybridized carbons (Fsp3) is 0.458. The second-order valence-electron chi connectivity index (χ2n) is 9.54. The lowest BCUT2D eigenvalue weighted by molar-refractivity contribution is 0.271. The number of hydrogen-bond donors (Lipinski definition) is 1. The van der Waals surface area contributed by atoms with E-state index >= 15 is 0 Å². The molecule has 1 fully saturated rings. The number of methoxy groups -OCH3 is 1. The molecule has 1 saturated heterocycles. The molecule has 5 heterocycles. The van der Waals surface area contributed by atoms with Crippen LogP contribution in [0, 0.1) is 0 Å². The fourth-order valence-corrected chi connectivity index (χ4v) is 5.81. The Morgan fingerprint density at radius 3 is 2.61 bits per heavy atom. The number of nitrogens with zero attached hydrogens (tertiary/aromatic N) is 6. The van der Waals surface area contributed by atoms with Crippen LogP contribution in [0.15, 0.2) is 24.8 Å². The van der Waals surface area contributed by atoms with Crippen LogP contribution in [0.3, 0.4) is 0 Å². The molecule has 1 aliphatic rings. The summed E-state index contributed by atoms with van der Waals surface area (Å²) in [5.41, 5.74) is 4.49. The normalized spacial score (nSPS) is 15.4. The van der Waals surface area contributed by atoms with Crippen LogP contribution in [0.4, 0.5) is 5.82 Å². The van der Waals surface area contributed by atoms with E-state index in [-0.39, 0.29) is 11.7 Å². The lowest BCUT2D eigenvalue weighted by Gasteiger charge is -2.35. The largest absolute Gasteiger partial charge is 0.493 e. The molecule has 0 bridgehead atoms. The number of H-pyrrole nitrogens is 1. The molecule has 1 N–H and O–H groups in total. The van der Waals surface area contributed by atoms with E-state index in [1.165, 1.54) is 12.6 Å². The predicted molar refractivity (Wildman–Crippen MR) is 142 cm³/mol. The number of aromatic amines is 1. The molecule has 1 aliphatic heterocycles. The van der Waals surface area contributed by atoms with Gasteiger partial charge >= 0.3 is 0 Å². The molecule has 0 amide bonds. The molecule has 0 atom stereocenters. The maximum atomic E-state index is 11.5. The average molecular weight is 532 g/mol. The van der Waals surface area contributed by atoms with Crippen molar-refractivity contribution in [3.05, 3.63) is 35.4 Å². The predicted octanol–water partition coefficient (Wildman–Crippen LogP) is 3.22. The molecule has 0 saturated carbocycles. The van der Waals surface area contributed by atoms with Gasteiger partial charge in [0.2, 0.25) is 0 Å². The third-order valence-electron chi connectivity index (χ3n) is 6.68. The Morgan fingerprint density at radius 2 is 1.94 bits per heavy atom. The average Bonchev–Trinajstić information content (AvgIpc) is 3.47. The minimum absolute atomic E-state index is 0.174. The minimum atomic E-state index is -2.98. The Kier molecular flexibility index (Phi) is 6.56. The number of rotatable bonds is 7. The first-order valence-electron chi connectivity index (χ1n) is 11.9. The van der Waals surface area contributed by atoms with Crippen molar-refractivity contribution in [3.63, 3.8) is 0 Å². The number of sulfone groups is 1. The molecule has 4 aromatic heterocycles. The van der Waals surface area contributed by atoms with Crippen LogP contribution in [-0.2, 0) is 9.84 Å². The van der Waals surface area contributed by atoms with E-state index in [2.05, 4.69) is 38.7 Å². The van der Waals surface area contributed by atoms with Crippen molar-refractivity contribution in [2.24, 2.45) is 0 Å². The highest BCUT2D eigenvalue weighted by molar-refractivity contribution is 7.90. The highest BCUT2D eigenvalue weighted by Crippen LogP contribution is 2.42. The van der Waals surface area contributed by atoms with Crippen LogP contribution in [0.5, 0.6) is 5.75 Å². The Morgan fingerprint density at radius 1 is 1.19 bits per heavy atom. The third-order valence-corrected chi connectivity index (χ3v) is 7.96. The van der Waals surface area contributed by atoms with Crippen LogP contribution in [-0.4, -0.2) is 89.7 Å². The summed E-state index contributed by atoms with van der Waals surface area (Å²) < 4.78 is 30.3. The van der Waals surface area contributed by atoms with Crippen molar-refractivity contribution in [1.82, 2.24) is 29.5 Å². The summed E-state index contributed by atoms with van der Waals surface area (Å²) in [5.74, 6) is 1.75. The third kappa shape index (κ3) is 4.62. The van der Waals surface area contributed by atoms with Gasteiger partial charge in [0.15, 0.2) is 11.4 Å². The second kappa shape index (κ2) is 9.53. The molecule has 0 aliphatic carbocycles. The molecule has 0 radical (unpaired) electrons. The molecule has 10 nitrogen and oxygen atoms in total. The molecule has 12 heteroatoms. The highest BCUT2D eigenvalue weighted by atomic mass is 35.5. The number of aromatic nitrogens is 5. The quantitative estimate of drug-likeness (QED) is 0.387. The first kappa shape index (κ1) is 24.8. The highest BCUT2D eigenvalue weighted by Gasteiger charge is 2.26. The van der Waals surface area contributed by atoms with E-state index in [4.69, 9.17) is 21.3 Å². The first-order chi connectivity index (χ1) is 17.2. The van der Waals surface area contributed by atoms with Gasteiger partial charge in [-0.3, -0.25) is 4.90 Å². The van der Waals surface area contributed by atoms with Crippen LogP contribution in [0.25, 0.3) is 27.8 Å². The SMILES string of the molecule is COc1cc(-c2[nH]c3cnc(N4CCN(CCS(C)(=O)=O)CC4)c(Cl)c3c2C(C)C)cn2ncnc12. The van der Waals surface area contributed by atoms with E-state index in [1.807, 2.05) is 18.5 Å². The van der Waals surface area contributed by atoms with Gasteiger partial charge in [-0.2, -0.15) is 5.10 Å². The second-order valence-corrected chi connectivity index (χ2v) is 12.2. The van der Waals surface area contributed by atoms with Gasteiger partial charge in [-0.25, -0.2) is 22.9 Å². The van der Waals surface area contributed by atoms with Crippen molar-refractivity contribution in [2.75, 3.05) is 56.7 Å². The number of hydrogen-bond acceptors (Lipinski definition) is 8. The van der Waals surface area contributed by atoms with Gasteiger partial charge in [0, 0.05) is 56.1 Å². The van der Waals surface area contributed by atoms with Gasteiger partial charge in [0.05, 0.1) is 35.3 Å². The smallest absolute Gasteiger partial charge is 0.197 e. The monoisotopic (exact) mass is 531 g/mol. The van der Waals surface area contributed by atoms with Gasteiger partial charge in [0.1, 0.15) is 22.0 Å². The molecule has 0 unspecified atom stereocenters. The van der Waals surface area contributed by atoms with Gasteiger partial charge in [-0.15, -0.1) is 0 Å². The van der Waals surface area contributed by atoms with E-state index in [0.717, 1.165) is 59.7 Å². The van der Waals surface area contributed by atoms with E-state index in [0.29, 0.717) is 23.0 Å². The molecule has 192 valence electrons. The Hall–Kier alpha value is -2.89. The zero-order chi connectivity index (χ0) is 25.6. The zero-order valence-electron chi connectivity index (χ0n) is 20.8. The number of nitrogens with one attached hydrogen (secondary N) is 1. The summed E-state index contributed by atoms with van der Waals surface area (Å²) in [5, 5.41) is 5.88. The molecular weight excluding hydrogens is 502 g/mol. The lowest BCUT2D eigenvalue weighted by Crippen LogP contribution is -2.48. The maximum Gasteiger partial charge on any atom is 0.197 e. The number of piperazine rings is 1. The van der Waals surface area contributed by atoms with Crippen LogP contribution in [0.1, 0.15) is 25.3 Å². The maximum absolute atomic E-state index is 11.5. The van der Waals surface area contributed by atoms with Crippen molar-refractivity contribution in [1.29, 1.82) is 0 Å². The Balaban J connectivity index is 1.51. The van der Waals surface area contributed by atoms with Crippen molar-refractivity contribution in [3.8, 4) is 17.0 Å². The lowest BCUT2D eigenvalue weighted by atomic mass is 9.97. The zero-order valence-corrected chi connectivity index (χ0v) is 22.4. The van der Waals surface area contributed by atoms with E-state index < -0.39 is 9.84 Å². The molecule has 5 rings (SSSR count). The fourth-order valence-electron chi connectivity index (χ4n) is 4.85. The summed E-state index contributed by atoms with van der Waals surface area (Å²) in [6, 6.07) is 1.96. The molecule has 0 spiro atoms. The number of halogens is 1. The van der Waals surface area contributed by atoms with Crippen molar-refractivity contribution in [2.45, 2.75) is 19.8 Å². The van der Waals surface area contributed by atoms with Crippen LogP contribution < -0.4 is 9.64 Å². The topological polar surface area (TPSA) is 109 Å². The molecule has 36 heavy (non-hydrogen) atoms. The standard InChI is InChI=1S/C24H30ClN7O3S/c1-15(2)19-20-17(29-22(19)16-11-18(35-3)23-27-14-28-32(23)13-16)12-26-24(21(20)25)31-7-5-30(6-8-31)9-10-36(4,33)34/h11-15,29H,5-10H2,1-4H3. The number of fused-ring (bicyclic) bond motifs is 2. The van der Waals surface area contributed by atoms with Crippen molar-refractivity contribution >= 4 is 43.8 Å². The molecule has 0 aromatic carbocycles. The Labute approximate surface area is 215 Å². The van der Waals surface area contributed by atoms with Gasteiger partial charge < -0.3 is 14.6 Å². The first-order valence-corrected chi connectivity index (χ1v) is 14.3. The summed E-state index contributed by atoms with van der Waals surface area (Å²) in [7, 11) is -1.35. The summed E-state index contributed by atoms with van der Waals surface area (Å²) in [6.45, 7) is 7.83. The summed E-state index contributed by atoms with van der Waals surface area (Å²) in [6.07, 6.45) is 6.55. The minimum Gasteiger partial charge on any atom is -0.493 e. The Bertz CT molecular complexity index is 1520. The van der Waals surface area contributed by atoms with Crippen LogP contribution >= 0.6 is 11.6 Å². The summed E-state index contributed by atoms with van der Waals surface area (Å²) in [4.78, 5) is 16.9. The number of ether oxygens (including phenoxy) is 1. The number of anilines is 1. The number of pyridine rings is 2. The van der Waals surface area contributed by atoms with Crippen LogP contribution in [0.2, 0.25) is 5.02 Å². The van der Waals surface area contributed by atoms with Gasteiger partial charge in [-0.1, -0.05) is 25.4 Å². The van der Waals surface area contributed by atoms with Crippen molar-refractivity contribution < 1.29 is 13.2 Å². The van der Waals surface area contributed by atoms with Gasteiger partial charge in [0.25, 0.3) is 0 Å².